The Morgan fingerprint density at radius 3 is 2.36 bits per heavy atom. The number of fused-ring (bicyclic) bond motifs is 5. The summed E-state index contributed by atoms with van der Waals surface area (Å²) in [5, 5.41) is 0.443. The number of thioether (sulfide) groups is 1. The van der Waals surface area contributed by atoms with Crippen LogP contribution in [-0.4, -0.2) is 33.8 Å². The lowest BCUT2D eigenvalue weighted by Gasteiger charge is -2.61. The first-order chi connectivity index (χ1) is 13.0. The van der Waals surface area contributed by atoms with E-state index in [0.29, 0.717) is 23.0 Å². The maximum atomic E-state index is 13.2. The molecule has 3 aliphatic carbocycles. The molecule has 0 radical (unpaired) electrons. The molecular formula is C24H39NO2S. The third kappa shape index (κ3) is 3.08. The quantitative estimate of drug-likeness (QED) is 0.576. The summed E-state index contributed by atoms with van der Waals surface area (Å²) < 4.78 is 0.00743. The van der Waals surface area contributed by atoms with Gasteiger partial charge in [0.1, 0.15) is 0 Å². The molecule has 28 heavy (non-hydrogen) atoms. The van der Waals surface area contributed by atoms with Crippen molar-refractivity contribution in [2.24, 2.45) is 34.5 Å². The van der Waals surface area contributed by atoms with Crippen molar-refractivity contribution in [2.75, 3.05) is 7.05 Å². The van der Waals surface area contributed by atoms with Crippen LogP contribution in [0.1, 0.15) is 86.0 Å². The van der Waals surface area contributed by atoms with Crippen LogP contribution in [-0.2, 0) is 9.59 Å². The molecule has 0 N–H and O–H groups in total. The lowest BCUT2D eigenvalue weighted by molar-refractivity contribution is -0.158. The van der Waals surface area contributed by atoms with Gasteiger partial charge >= 0.3 is 0 Å². The van der Waals surface area contributed by atoms with Gasteiger partial charge in [-0.15, -0.1) is 0 Å². The Kier molecular flexibility index (Phi) is 5.00. The third-order valence-corrected chi connectivity index (χ3v) is 10.3. The molecule has 1 saturated heterocycles. The van der Waals surface area contributed by atoms with Crippen LogP contribution in [0.25, 0.3) is 0 Å². The third-order valence-electron chi connectivity index (χ3n) is 9.25. The van der Waals surface area contributed by atoms with Gasteiger partial charge in [-0.1, -0.05) is 46.4 Å². The molecule has 3 saturated carbocycles. The van der Waals surface area contributed by atoms with Crippen molar-refractivity contribution in [1.82, 2.24) is 4.90 Å². The smallest absolute Gasteiger partial charge is 0.222 e. The van der Waals surface area contributed by atoms with Crippen LogP contribution in [0.4, 0.5) is 0 Å². The van der Waals surface area contributed by atoms with Gasteiger partial charge in [0.05, 0.1) is 0 Å². The van der Waals surface area contributed by atoms with E-state index in [0.717, 1.165) is 37.5 Å². The molecule has 0 unspecified atom stereocenters. The zero-order valence-corrected chi connectivity index (χ0v) is 19.5. The molecule has 0 aromatic rings. The molecule has 4 fully saturated rings. The lowest BCUT2D eigenvalue weighted by atomic mass is 9.47. The summed E-state index contributed by atoms with van der Waals surface area (Å²) in [6.07, 6.45) is 8.94. The van der Waals surface area contributed by atoms with Gasteiger partial charge < -0.3 is 4.90 Å². The number of likely N-dealkylation sites (tertiary alicyclic amines) is 1. The molecule has 4 aliphatic rings. The number of hydrogen-bond acceptors (Lipinski definition) is 3. The molecule has 0 aromatic heterocycles. The molecule has 0 spiro atoms. The van der Waals surface area contributed by atoms with Gasteiger partial charge in [-0.2, -0.15) is 0 Å². The average molecular weight is 406 g/mol. The number of hydrogen-bond donors (Lipinski definition) is 0. The largest absolute Gasteiger partial charge is 0.342 e. The first kappa shape index (κ1) is 20.8. The van der Waals surface area contributed by atoms with Crippen LogP contribution in [0.3, 0.4) is 0 Å². The van der Waals surface area contributed by atoms with Crippen molar-refractivity contribution in [3.63, 3.8) is 0 Å². The van der Waals surface area contributed by atoms with E-state index in [1.807, 2.05) is 7.05 Å². The number of amides is 1. The molecule has 1 amide bonds. The maximum Gasteiger partial charge on any atom is 0.222 e. The first-order valence-corrected chi connectivity index (χ1v) is 12.3. The number of carbonyl (C=O) groups is 2. The summed E-state index contributed by atoms with van der Waals surface area (Å²) in [6, 6.07) is 0.426. The minimum absolute atomic E-state index is 0.00743. The normalized spacial score (nSPS) is 46.0. The standard InChI is InChI=1S/C24H39NO2S/c1-22(2,3)28-21(27)18-9-8-16-15-7-10-19-24(5,14-12-20(26)25(19)6)17(15)11-13-23(16,18)4/h15-19H,7-14H2,1-6H3/t15-,16-,17-,18+,19+,23-,24+/m0/s1. The Morgan fingerprint density at radius 2 is 1.68 bits per heavy atom. The van der Waals surface area contributed by atoms with E-state index in [-0.39, 0.29) is 21.5 Å². The van der Waals surface area contributed by atoms with Gasteiger partial charge in [-0.3, -0.25) is 9.59 Å². The molecule has 158 valence electrons. The maximum absolute atomic E-state index is 13.2. The fourth-order valence-electron chi connectivity index (χ4n) is 7.91. The van der Waals surface area contributed by atoms with E-state index >= 15 is 0 Å². The van der Waals surface area contributed by atoms with Gasteiger partial charge in [0.25, 0.3) is 0 Å². The van der Waals surface area contributed by atoms with Gasteiger partial charge in [-0.05, 0) is 73.5 Å². The van der Waals surface area contributed by atoms with Crippen LogP contribution >= 0.6 is 11.8 Å². The molecule has 7 atom stereocenters. The Morgan fingerprint density at radius 1 is 1.00 bits per heavy atom. The van der Waals surface area contributed by atoms with E-state index < -0.39 is 0 Å². The summed E-state index contributed by atoms with van der Waals surface area (Å²) in [5.41, 5.74) is 0.464. The van der Waals surface area contributed by atoms with Crippen LogP contribution in [0, 0.1) is 34.5 Å². The van der Waals surface area contributed by atoms with Crippen molar-refractivity contribution >= 4 is 22.8 Å². The van der Waals surface area contributed by atoms with Gasteiger partial charge in [-0.25, -0.2) is 0 Å². The number of rotatable bonds is 1. The Hall–Kier alpha value is -0.510. The van der Waals surface area contributed by atoms with Gasteiger partial charge in [0.15, 0.2) is 5.12 Å². The Bertz CT molecular complexity index is 670. The van der Waals surface area contributed by atoms with E-state index in [9.17, 15) is 9.59 Å². The highest BCUT2D eigenvalue weighted by atomic mass is 32.2. The molecule has 4 heteroatoms. The van der Waals surface area contributed by atoms with Gasteiger partial charge in [0.2, 0.25) is 5.91 Å². The van der Waals surface area contributed by atoms with E-state index in [1.165, 1.54) is 25.7 Å². The fraction of sp³-hybridized carbons (Fsp3) is 0.917. The molecule has 1 aliphatic heterocycles. The van der Waals surface area contributed by atoms with Crippen molar-refractivity contribution in [3.8, 4) is 0 Å². The Balaban J connectivity index is 1.57. The first-order valence-electron chi connectivity index (χ1n) is 11.5. The molecule has 4 rings (SSSR count). The predicted molar refractivity (Wildman–Crippen MR) is 116 cm³/mol. The average Bonchev–Trinajstić information content (AvgIpc) is 2.94. The summed E-state index contributed by atoms with van der Waals surface area (Å²) in [4.78, 5) is 27.6. The predicted octanol–water partition coefficient (Wildman–Crippen LogP) is 5.52. The second-order valence-corrected chi connectivity index (χ2v) is 13.5. The van der Waals surface area contributed by atoms with Crippen LogP contribution in [0.2, 0.25) is 0 Å². The van der Waals surface area contributed by atoms with Gasteiger partial charge in [0, 0.05) is 30.2 Å². The minimum Gasteiger partial charge on any atom is -0.342 e. The highest BCUT2D eigenvalue weighted by Gasteiger charge is 2.62. The number of carbonyl (C=O) groups excluding carboxylic acids is 2. The molecule has 0 bridgehead atoms. The van der Waals surface area contributed by atoms with Crippen molar-refractivity contribution in [2.45, 2.75) is 96.8 Å². The van der Waals surface area contributed by atoms with Crippen molar-refractivity contribution in [3.05, 3.63) is 0 Å². The second-order valence-electron chi connectivity index (χ2n) is 11.7. The highest BCUT2D eigenvalue weighted by Crippen LogP contribution is 2.66. The zero-order chi connectivity index (χ0) is 20.5. The number of nitrogens with zero attached hydrogens (tertiary/aromatic N) is 1. The summed E-state index contributed by atoms with van der Waals surface area (Å²) in [7, 11) is 2.03. The molecule has 3 nitrogen and oxygen atoms in total. The SMILES string of the molecule is CN1C(=O)CC[C@]2(C)[C@H]3CC[C@]4(C)[C@@H](C(=O)SC(C)(C)C)CC[C@H]4[C@@H]3CC[C@@H]12. The summed E-state index contributed by atoms with van der Waals surface area (Å²) >= 11 is 1.57. The van der Waals surface area contributed by atoms with Crippen LogP contribution < -0.4 is 0 Å². The van der Waals surface area contributed by atoms with E-state index in [2.05, 4.69) is 39.5 Å². The topological polar surface area (TPSA) is 37.4 Å². The molecular weight excluding hydrogens is 366 g/mol. The minimum atomic E-state index is 0.00743. The second kappa shape index (κ2) is 6.75. The monoisotopic (exact) mass is 405 g/mol. The van der Waals surface area contributed by atoms with Crippen molar-refractivity contribution < 1.29 is 9.59 Å². The highest BCUT2D eigenvalue weighted by molar-refractivity contribution is 8.14. The summed E-state index contributed by atoms with van der Waals surface area (Å²) in [5.74, 6) is 2.75. The molecule has 0 aromatic carbocycles. The number of piperidine rings is 1. The van der Waals surface area contributed by atoms with Crippen molar-refractivity contribution in [1.29, 1.82) is 0 Å². The van der Waals surface area contributed by atoms with E-state index in [4.69, 9.17) is 0 Å². The zero-order valence-electron chi connectivity index (χ0n) is 18.7. The fourth-order valence-corrected chi connectivity index (χ4v) is 9.04. The Labute approximate surface area is 175 Å². The van der Waals surface area contributed by atoms with Crippen LogP contribution in [0.5, 0.6) is 0 Å². The summed E-state index contributed by atoms with van der Waals surface area (Å²) in [6.45, 7) is 11.4. The van der Waals surface area contributed by atoms with E-state index in [1.54, 1.807) is 11.8 Å². The molecule has 1 heterocycles. The van der Waals surface area contributed by atoms with Crippen LogP contribution in [0.15, 0.2) is 0 Å². The lowest BCUT2D eigenvalue weighted by Crippen LogP contribution is -2.61.